The number of piperidine rings is 1. The summed E-state index contributed by atoms with van der Waals surface area (Å²) in [4.78, 5) is 16.6. The second-order valence-electron chi connectivity index (χ2n) is 6.07. The number of hydrogen-bond donors (Lipinski definition) is 2. The highest BCUT2D eigenvalue weighted by molar-refractivity contribution is 9.10. The lowest BCUT2D eigenvalue weighted by atomic mass is 9.96. The van der Waals surface area contributed by atoms with Crippen LogP contribution in [0.2, 0.25) is 0 Å². The van der Waals surface area contributed by atoms with E-state index in [0.717, 1.165) is 41.1 Å². The summed E-state index contributed by atoms with van der Waals surface area (Å²) in [6.45, 7) is 3.02. The summed E-state index contributed by atoms with van der Waals surface area (Å²) in [6.07, 6.45) is 4.85. The van der Waals surface area contributed by atoms with Gasteiger partial charge in [0, 0.05) is 23.9 Å². The predicted octanol–water partition coefficient (Wildman–Crippen LogP) is 4.34. The van der Waals surface area contributed by atoms with Crippen LogP contribution in [0.4, 0.5) is 0 Å². The van der Waals surface area contributed by atoms with Gasteiger partial charge in [0.05, 0.1) is 15.2 Å². The quantitative estimate of drug-likeness (QED) is 0.662. The van der Waals surface area contributed by atoms with Crippen LogP contribution in [0, 0.1) is 5.92 Å². The Morgan fingerprint density at radius 3 is 3.00 bits per heavy atom. The van der Waals surface area contributed by atoms with Gasteiger partial charge in [0.25, 0.3) is 0 Å². The average molecular weight is 469 g/mol. The van der Waals surface area contributed by atoms with E-state index >= 15 is 0 Å². The number of hydrogen-bond acceptors (Lipinski definition) is 4. The minimum absolute atomic E-state index is 0. The highest BCUT2D eigenvalue weighted by Gasteiger charge is 2.13. The molecule has 1 atom stereocenters. The molecule has 0 bridgehead atoms. The maximum atomic E-state index is 12.0. The summed E-state index contributed by atoms with van der Waals surface area (Å²) in [5.74, 6) is 0.848. The number of carbonyl (C=O) groups excluding carboxylic acids is 1. The Labute approximate surface area is 173 Å². The molecule has 2 N–H and O–H groups in total. The van der Waals surface area contributed by atoms with Crippen LogP contribution in [0.25, 0.3) is 10.2 Å². The van der Waals surface area contributed by atoms with Gasteiger partial charge in [-0.05, 0) is 56.5 Å². The maximum absolute atomic E-state index is 12.0. The number of aryl methyl sites for hydroxylation is 1. The third-order valence-electron chi connectivity index (χ3n) is 4.23. The molecule has 1 saturated heterocycles. The number of carbonyl (C=O) groups is 1. The molecule has 1 aliphatic rings. The number of aromatic nitrogens is 1. The highest BCUT2D eigenvalue weighted by atomic mass is 79.9. The van der Waals surface area contributed by atoms with Crippen molar-refractivity contribution in [2.45, 2.75) is 32.1 Å². The Hall–Kier alpha value is -0.400. The van der Waals surface area contributed by atoms with E-state index in [1.807, 2.05) is 12.1 Å². The lowest BCUT2D eigenvalue weighted by Gasteiger charge is -2.22. The van der Waals surface area contributed by atoms with Gasteiger partial charge in [-0.25, -0.2) is 4.98 Å². The number of benzene rings is 1. The number of rotatable bonds is 6. The summed E-state index contributed by atoms with van der Waals surface area (Å²) in [5.41, 5.74) is 1.00. The van der Waals surface area contributed by atoms with Crippen LogP contribution >= 0.6 is 52.1 Å². The van der Waals surface area contributed by atoms with E-state index in [2.05, 4.69) is 37.6 Å². The van der Waals surface area contributed by atoms with E-state index in [-0.39, 0.29) is 30.7 Å². The average Bonchev–Trinajstić information content (AvgIpc) is 2.96. The van der Waals surface area contributed by atoms with Crippen LogP contribution in [0.15, 0.2) is 22.7 Å². The standard InChI is InChI=1S/C17H22BrN3OS.2ClH/c18-13-3-4-15-14(10-13)21-17(23-15)6-5-16(22)20-9-7-12-2-1-8-19-11-12;;/h3-4,10,12,19H,1-2,5-9,11H2,(H,20,22);2*1H. The van der Waals surface area contributed by atoms with E-state index in [4.69, 9.17) is 0 Å². The van der Waals surface area contributed by atoms with Crippen molar-refractivity contribution >= 4 is 68.2 Å². The van der Waals surface area contributed by atoms with Crippen molar-refractivity contribution in [3.63, 3.8) is 0 Å². The van der Waals surface area contributed by atoms with E-state index in [9.17, 15) is 4.79 Å². The first kappa shape index (κ1) is 22.6. The van der Waals surface area contributed by atoms with Gasteiger partial charge in [0.15, 0.2) is 0 Å². The van der Waals surface area contributed by atoms with Crippen molar-refractivity contribution in [1.29, 1.82) is 0 Å². The van der Waals surface area contributed by atoms with Crippen molar-refractivity contribution in [2.24, 2.45) is 5.92 Å². The molecule has 2 aromatic rings. The number of nitrogens with one attached hydrogen (secondary N) is 2. The topological polar surface area (TPSA) is 54.0 Å². The van der Waals surface area contributed by atoms with Crippen molar-refractivity contribution in [2.75, 3.05) is 19.6 Å². The van der Waals surface area contributed by atoms with Gasteiger partial charge in [-0.1, -0.05) is 15.9 Å². The third-order valence-corrected chi connectivity index (χ3v) is 5.82. The number of amides is 1. The number of thiazole rings is 1. The smallest absolute Gasteiger partial charge is 0.220 e. The summed E-state index contributed by atoms with van der Waals surface area (Å²) in [7, 11) is 0. The molecule has 0 aliphatic carbocycles. The molecule has 0 radical (unpaired) electrons. The van der Waals surface area contributed by atoms with Crippen LogP contribution in [-0.4, -0.2) is 30.5 Å². The van der Waals surface area contributed by atoms with Gasteiger partial charge >= 0.3 is 0 Å². The van der Waals surface area contributed by atoms with Crippen LogP contribution in [0.3, 0.4) is 0 Å². The molecule has 1 unspecified atom stereocenters. The molecule has 1 fully saturated rings. The first-order valence-electron chi connectivity index (χ1n) is 8.23. The van der Waals surface area contributed by atoms with Gasteiger partial charge in [-0.3, -0.25) is 4.79 Å². The normalized spacial score (nSPS) is 16.8. The monoisotopic (exact) mass is 467 g/mol. The summed E-state index contributed by atoms with van der Waals surface area (Å²) in [6, 6.07) is 6.11. The third kappa shape index (κ3) is 7.02. The van der Waals surface area contributed by atoms with Crippen molar-refractivity contribution in [3.8, 4) is 0 Å². The van der Waals surface area contributed by atoms with Gasteiger partial charge in [-0.15, -0.1) is 36.2 Å². The van der Waals surface area contributed by atoms with Crippen LogP contribution in [0.5, 0.6) is 0 Å². The molecule has 25 heavy (non-hydrogen) atoms. The first-order valence-corrected chi connectivity index (χ1v) is 9.84. The second kappa shape index (κ2) is 11.3. The molecule has 1 aromatic heterocycles. The lowest BCUT2D eigenvalue weighted by molar-refractivity contribution is -0.121. The molecule has 1 amide bonds. The van der Waals surface area contributed by atoms with Crippen molar-refractivity contribution < 1.29 is 4.79 Å². The fraction of sp³-hybridized carbons (Fsp3) is 0.529. The predicted molar refractivity (Wildman–Crippen MR) is 113 cm³/mol. The first-order chi connectivity index (χ1) is 11.2. The van der Waals surface area contributed by atoms with Gasteiger partial charge < -0.3 is 10.6 Å². The molecule has 140 valence electrons. The Kier molecular flexibility index (Phi) is 10.3. The number of fused-ring (bicyclic) bond motifs is 1. The molecule has 0 spiro atoms. The Morgan fingerprint density at radius 1 is 1.40 bits per heavy atom. The molecular weight excluding hydrogens is 445 g/mol. The SMILES string of the molecule is Cl.Cl.O=C(CCc1nc2cc(Br)ccc2s1)NCCC1CCCNC1. The van der Waals surface area contributed by atoms with Gasteiger partial charge in [0.1, 0.15) is 0 Å². The highest BCUT2D eigenvalue weighted by Crippen LogP contribution is 2.25. The zero-order chi connectivity index (χ0) is 16.1. The molecule has 8 heteroatoms. The molecular formula is C17H24BrCl2N3OS. The van der Waals surface area contributed by atoms with E-state index < -0.39 is 0 Å². The minimum atomic E-state index is 0. The zero-order valence-corrected chi connectivity index (χ0v) is 18.0. The largest absolute Gasteiger partial charge is 0.356 e. The lowest BCUT2D eigenvalue weighted by Crippen LogP contribution is -2.33. The molecule has 3 rings (SSSR count). The molecule has 2 heterocycles. The van der Waals surface area contributed by atoms with Crippen LogP contribution in [-0.2, 0) is 11.2 Å². The number of nitrogens with zero attached hydrogens (tertiary/aromatic N) is 1. The Balaban J connectivity index is 0.00000156. The Morgan fingerprint density at radius 2 is 2.24 bits per heavy atom. The summed E-state index contributed by atoms with van der Waals surface area (Å²) >= 11 is 5.14. The van der Waals surface area contributed by atoms with Crippen LogP contribution in [0.1, 0.15) is 30.7 Å². The molecule has 4 nitrogen and oxygen atoms in total. The fourth-order valence-corrected chi connectivity index (χ4v) is 4.25. The fourth-order valence-electron chi connectivity index (χ4n) is 2.95. The van der Waals surface area contributed by atoms with E-state index in [1.165, 1.54) is 17.5 Å². The minimum Gasteiger partial charge on any atom is -0.356 e. The van der Waals surface area contributed by atoms with Crippen molar-refractivity contribution in [1.82, 2.24) is 15.6 Å². The second-order valence-corrected chi connectivity index (χ2v) is 8.10. The van der Waals surface area contributed by atoms with Gasteiger partial charge in [-0.2, -0.15) is 0 Å². The summed E-state index contributed by atoms with van der Waals surface area (Å²) in [5, 5.41) is 7.49. The molecule has 1 aliphatic heterocycles. The van der Waals surface area contributed by atoms with Gasteiger partial charge in [0.2, 0.25) is 5.91 Å². The van der Waals surface area contributed by atoms with Crippen LogP contribution < -0.4 is 10.6 Å². The summed E-state index contributed by atoms with van der Waals surface area (Å²) < 4.78 is 2.21. The Bertz CT molecular complexity index is 677. The number of halogens is 3. The van der Waals surface area contributed by atoms with Crippen molar-refractivity contribution in [3.05, 3.63) is 27.7 Å². The molecule has 1 aromatic carbocycles. The molecule has 0 saturated carbocycles. The zero-order valence-electron chi connectivity index (χ0n) is 13.9. The maximum Gasteiger partial charge on any atom is 0.220 e. The van der Waals surface area contributed by atoms with E-state index in [1.54, 1.807) is 11.3 Å². The van der Waals surface area contributed by atoms with E-state index in [0.29, 0.717) is 18.8 Å².